The fourth-order valence-corrected chi connectivity index (χ4v) is 16.0. The van der Waals surface area contributed by atoms with Gasteiger partial charge in [-0.15, -0.1) is 0 Å². The molecule has 0 amide bonds. The molecule has 48 heavy (non-hydrogen) atoms. The van der Waals surface area contributed by atoms with E-state index in [0.29, 0.717) is 52.7 Å². The van der Waals surface area contributed by atoms with E-state index in [4.69, 9.17) is 16.2 Å². The van der Waals surface area contributed by atoms with Gasteiger partial charge in [0.2, 0.25) is 0 Å². The van der Waals surface area contributed by atoms with Crippen molar-refractivity contribution in [1.29, 1.82) is 0 Å². The first kappa shape index (κ1) is 35.7. The zero-order chi connectivity index (χ0) is 34.1. The molecular formula is C43H74N2O3. The summed E-state index contributed by atoms with van der Waals surface area (Å²) in [5, 5.41) is 9.47. The number of rotatable bonds is 4. The maximum atomic E-state index is 11.9. The minimum Gasteiger partial charge on any atom is -0.469 e. The van der Waals surface area contributed by atoms with Crippen molar-refractivity contribution >= 4 is 5.97 Å². The van der Waals surface area contributed by atoms with Gasteiger partial charge in [0.15, 0.2) is 0 Å². The van der Waals surface area contributed by atoms with Crippen LogP contribution in [0, 0.1) is 80.8 Å². The van der Waals surface area contributed by atoms with Crippen molar-refractivity contribution in [3.05, 3.63) is 0 Å². The summed E-state index contributed by atoms with van der Waals surface area (Å²) in [4.78, 5) is 11.9. The lowest BCUT2D eigenvalue weighted by Crippen LogP contribution is -2.54. The number of nitrogens with two attached hydrogens (primary N) is 2. The van der Waals surface area contributed by atoms with Crippen molar-refractivity contribution in [2.24, 2.45) is 92.3 Å². The van der Waals surface area contributed by atoms with Gasteiger partial charge in [-0.2, -0.15) is 0 Å². The molecule has 274 valence electrons. The molecule has 8 rings (SSSR count). The van der Waals surface area contributed by atoms with Crippen LogP contribution in [-0.4, -0.2) is 36.9 Å². The number of carbonyl (C=O) groups excluding carboxylic acids is 1. The number of aliphatic hydroxyl groups excluding tert-OH is 1. The van der Waals surface area contributed by atoms with Crippen LogP contribution in [0.3, 0.4) is 0 Å². The molecule has 0 aliphatic heterocycles. The van der Waals surface area contributed by atoms with E-state index in [0.717, 1.165) is 59.7 Å². The Kier molecular flexibility index (Phi) is 9.98. The Morgan fingerprint density at radius 2 is 1.04 bits per heavy atom. The molecule has 8 saturated carbocycles. The average molecular weight is 667 g/mol. The highest BCUT2D eigenvalue weighted by molar-refractivity contribution is 5.69. The lowest BCUT2D eigenvalue weighted by molar-refractivity contribution is -0.145. The van der Waals surface area contributed by atoms with Gasteiger partial charge in [-0.3, -0.25) is 4.79 Å². The van der Waals surface area contributed by atoms with Gasteiger partial charge in [0.1, 0.15) is 0 Å². The fraction of sp³-hybridized carbons (Fsp3) is 0.977. The molecule has 0 spiro atoms. The lowest BCUT2D eigenvalue weighted by atomic mass is 9.44. The third-order valence-corrected chi connectivity index (χ3v) is 18.9. The van der Waals surface area contributed by atoms with Crippen molar-refractivity contribution in [3.63, 3.8) is 0 Å². The number of carbonyl (C=O) groups is 1. The number of fused-ring (bicyclic) bond motifs is 10. The molecule has 0 aromatic rings. The SMILES string of the molecule is CC12CCC3C(CCC4CC(N)CCC43C)C1CCC2CCO.COC(=O)CC1CCC2C3CCC4CC(N)CCC4(C)C3CCC12C. The Balaban J connectivity index is 0.000000152. The number of ether oxygens (including phenoxy) is 1. The molecule has 8 aliphatic rings. The smallest absolute Gasteiger partial charge is 0.305 e. The summed E-state index contributed by atoms with van der Waals surface area (Å²) >= 11 is 0. The van der Waals surface area contributed by atoms with Crippen LogP contribution in [0.2, 0.25) is 0 Å². The molecule has 5 nitrogen and oxygen atoms in total. The van der Waals surface area contributed by atoms with Crippen molar-refractivity contribution < 1.29 is 14.6 Å². The van der Waals surface area contributed by atoms with E-state index < -0.39 is 0 Å². The molecule has 0 radical (unpaired) electrons. The maximum Gasteiger partial charge on any atom is 0.305 e. The Labute approximate surface area is 294 Å². The summed E-state index contributed by atoms with van der Waals surface area (Å²) in [6, 6.07) is 0.915. The summed E-state index contributed by atoms with van der Waals surface area (Å²) in [6.07, 6.45) is 26.0. The van der Waals surface area contributed by atoms with Gasteiger partial charge in [-0.25, -0.2) is 0 Å². The van der Waals surface area contributed by atoms with E-state index in [1.54, 1.807) is 0 Å². The van der Waals surface area contributed by atoms with Gasteiger partial charge in [0.05, 0.1) is 7.11 Å². The third-order valence-electron chi connectivity index (χ3n) is 18.9. The van der Waals surface area contributed by atoms with Crippen LogP contribution in [0.4, 0.5) is 0 Å². The van der Waals surface area contributed by atoms with Crippen LogP contribution in [0.15, 0.2) is 0 Å². The number of aliphatic hydroxyl groups is 1. The average Bonchev–Trinajstić information content (AvgIpc) is 3.58. The fourth-order valence-electron chi connectivity index (χ4n) is 16.0. The Hall–Kier alpha value is -0.650. The number of methoxy groups -OCH3 is 1. The minimum absolute atomic E-state index is 0.00839. The lowest BCUT2D eigenvalue weighted by Gasteiger charge is -2.61. The predicted molar refractivity (Wildman–Crippen MR) is 195 cm³/mol. The van der Waals surface area contributed by atoms with Gasteiger partial charge in [-0.1, -0.05) is 27.7 Å². The van der Waals surface area contributed by atoms with Crippen molar-refractivity contribution in [3.8, 4) is 0 Å². The molecule has 16 atom stereocenters. The summed E-state index contributed by atoms with van der Waals surface area (Å²) < 4.78 is 4.99. The minimum atomic E-state index is -0.00839. The maximum absolute atomic E-state index is 11.9. The number of esters is 1. The zero-order valence-electron chi connectivity index (χ0n) is 31.7. The van der Waals surface area contributed by atoms with Crippen LogP contribution < -0.4 is 11.5 Å². The summed E-state index contributed by atoms with van der Waals surface area (Å²) in [5.74, 6) is 8.53. The van der Waals surface area contributed by atoms with E-state index in [-0.39, 0.29) is 5.97 Å². The van der Waals surface area contributed by atoms with Gasteiger partial charge >= 0.3 is 5.97 Å². The van der Waals surface area contributed by atoms with Gasteiger partial charge in [0.25, 0.3) is 0 Å². The van der Waals surface area contributed by atoms with Gasteiger partial charge in [0, 0.05) is 25.1 Å². The largest absolute Gasteiger partial charge is 0.469 e. The second-order valence-electron chi connectivity index (χ2n) is 20.3. The first-order valence-electron chi connectivity index (χ1n) is 21.1. The zero-order valence-corrected chi connectivity index (χ0v) is 31.7. The molecule has 16 unspecified atom stereocenters. The highest BCUT2D eigenvalue weighted by Gasteiger charge is 2.61. The second-order valence-corrected chi connectivity index (χ2v) is 20.3. The molecule has 8 fully saturated rings. The normalized spacial score (nSPS) is 53.8. The van der Waals surface area contributed by atoms with E-state index in [2.05, 4.69) is 27.7 Å². The van der Waals surface area contributed by atoms with E-state index in [9.17, 15) is 9.90 Å². The molecule has 0 saturated heterocycles. The Bertz CT molecular complexity index is 1160. The van der Waals surface area contributed by atoms with Crippen LogP contribution in [-0.2, 0) is 9.53 Å². The Morgan fingerprint density at radius 1 is 0.604 bits per heavy atom. The second kappa shape index (κ2) is 13.4. The predicted octanol–water partition coefficient (Wildman–Crippen LogP) is 8.89. The molecule has 0 bridgehead atoms. The van der Waals surface area contributed by atoms with E-state index >= 15 is 0 Å². The number of hydrogen-bond acceptors (Lipinski definition) is 5. The Morgan fingerprint density at radius 3 is 1.52 bits per heavy atom. The van der Waals surface area contributed by atoms with Crippen LogP contribution >= 0.6 is 0 Å². The molecule has 0 aromatic carbocycles. The summed E-state index contributed by atoms with van der Waals surface area (Å²) in [6.45, 7) is 10.7. The number of hydrogen-bond donors (Lipinski definition) is 3. The van der Waals surface area contributed by atoms with Gasteiger partial charge in [-0.05, 0) is 203 Å². The van der Waals surface area contributed by atoms with Crippen molar-refractivity contribution in [2.75, 3.05) is 13.7 Å². The molecular weight excluding hydrogens is 592 g/mol. The first-order valence-corrected chi connectivity index (χ1v) is 21.1. The molecule has 0 aromatic heterocycles. The quantitative estimate of drug-likeness (QED) is 0.260. The van der Waals surface area contributed by atoms with Crippen LogP contribution in [0.25, 0.3) is 0 Å². The summed E-state index contributed by atoms with van der Waals surface area (Å²) in [7, 11) is 1.53. The van der Waals surface area contributed by atoms with Gasteiger partial charge < -0.3 is 21.3 Å². The van der Waals surface area contributed by atoms with Crippen LogP contribution in [0.1, 0.15) is 156 Å². The molecule has 5 heteroatoms. The molecule has 5 N–H and O–H groups in total. The molecule has 0 heterocycles. The van der Waals surface area contributed by atoms with Crippen molar-refractivity contribution in [1.82, 2.24) is 0 Å². The first-order chi connectivity index (χ1) is 22.9. The third kappa shape index (κ3) is 5.77. The monoisotopic (exact) mass is 667 g/mol. The molecule has 8 aliphatic carbocycles. The highest BCUT2D eigenvalue weighted by Crippen LogP contribution is 2.69. The standard InChI is InChI=1S/C22H37NO2.C21H37NO/c1-21-10-8-16(23)12-14(21)4-6-17-18-7-5-15(13-20(24)25-3)22(18,2)11-9-19(17)21;1-20-11-8-19-17(18(20)6-4-14(20)9-12-23)5-3-15-13-16(22)7-10-21(15,19)2/h14-19H,4-13,23H2,1-3H3;14-19,23H,3-13,22H2,1-2H3. The summed E-state index contributed by atoms with van der Waals surface area (Å²) in [5.41, 5.74) is 14.6. The van der Waals surface area contributed by atoms with Crippen LogP contribution in [0.5, 0.6) is 0 Å². The highest BCUT2D eigenvalue weighted by atomic mass is 16.5. The topological polar surface area (TPSA) is 98.6 Å². The van der Waals surface area contributed by atoms with Crippen molar-refractivity contribution in [2.45, 2.75) is 168 Å². The van der Waals surface area contributed by atoms with E-state index in [1.165, 1.54) is 123 Å². The van der Waals surface area contributed by atoms with E-state index in [1.807, 2.05) is 0 Å².